The second-order valence-corrected chi connectivity index (χ2v) is 4.25. The molecule has 0 radical (unpaired) electrons. The molecule has 0 spiro atoms. The van der Waals surface area contributed by atoms with Gasteiger partial charge < -0.3 is 9.47 Å². The molecule has 0 N–H and O–H groups in total. The summed E-state index contributed by atoms with van der Waals surface area (Å²) in [6.07, 6.45) is 0.234. The van der Waals surface area contributed by atoms with Gasteiger partial charge in [0.2, 0.25) is 0 Å². The van der Waals surface area contributed by atoms with Crippen LogP contribution in [0.15, 0.2) is 24.3 Å². The van der Waals surface area contributed by atoms with E-state index in [9.17, 15) is 9.59 Å². The predicted molar refractivity (Wildman–Crippen MR) is 67.5 cm³/mol. The van der Waals surface area contributed by atoms with Gasteiger partial charge in [-0.2, -0.15) is 0 Å². The minimum Gasteiger partial charge on any atom is -0.469 e. The molecule has 0 aliphatic carbocycles. The quantitative estimate of drug-likeness (QED) is 0.772. The lowest BCUT2D eigenvalue weighted by Crippen LogP contribution is -2.13. The van der Waals surface area contributed by atoms with Crippen molar-refractivity contribution in [2.75, 3.05) is 14.2 Å². The number of halogens is 1. The summed E-state index contributed by atoms with van der Waals surface area (Å²) in [5.74, 6) is -1.03. The van der Waals surface area contributed by atoms with E-state index in [-0.39, 0.29) is 30.7 Å². The van der Waals surface area contributed by atoms with Gasteiger partial charge in [0.25, 0.3) is 0 Å². The van der Waals surface area contributed by atoms with E-state index in [4.69, 9.17) is 11.6 Å². The number of esters is 2. The van der Waals surface area contributed by atoms with Crippen LogP contribution in [0.25, 0.3) is 0 Å². The SMILES string of the molecule is COC(=O)CC(CC(=O)OC)c1cccc(Cl)c1. The summed E-state index contributed by atoms with van der Waals surface area (Å²) < 4.78 is 9.25. The maximum atomic E-state index is 11.3. The Bertz CT molecular complexity index is 413. The molecule has 0 amide bonds. The Morgan fingerprint density at radius 2 is 1.72 bits per heavy atom. The minimum absolute atomic E-state index is 0.117. The first-order valence-electron chi connectivity index (χ1n) is 5.46. The highest BCUT2D eigenvalue weighted by Gasteiger charge is 2.20. The van der Waals surface area contributed by atoms with Crippen molar-refractivity contribution in [3.8, 4) is 0 Å². The fraction of sp³-hybridized carbons (Fsp3) is 0.385. The monoisotopic (exact) mass is 270 g/mol. The van der Waals surface area contributed by atoms with Crippen molar-refractivity contribution in [2.24, 2.45) is 0 Å². The predicted octanol–water partition coefficient (Wildman–Crippen LogP) is 2.55. The third-order valence-corrected chi connectivity index (χ3v) is 2.84. The molecule has 0 bridgehead atoms. The number of methoxy groups -OCH3 is 2. The lowest BCUT2D eigenvalue weighted by molar-refractivity contribution is -0.143. The molecule has 0 aliphatic rings. The average Bonchev–Trinajstić information content (AvgIpc) is 2.37. The van der Waals surface area contributed by atoms with E-state index in [0.717, 1.165) is 5.56 Å². The molecule has 1 aromatic carbocycles. The zero-order chi connectivity index (χ0) is 13.5. The third kappa shape index (κ3) is 4.37. The van der Waals surface area contributed by atoms with E-state index in [0.29, 0.717) is 5.02 Å². The van der Waals surface area contributed by atoms with Gasteiger partial charge in [-0.25, -0.2) is 0 Å². The van der Waals surface area contributed by atoms with Crippen molar-refractivity contribution in [2.45, 2.75) is 18.8 Å². The van der Waals surface area contributed by atoms with E-state index >= 15 is 0 Å². The van der Waals surface area contributed by atoms with E-state index in [1.54, 1.807) is 18.2 Å². The van der Waals surface area contributed by atoms with E-state index in [2.05, 4.69) is 9.47 Å². The first-order valence-corrected chi connectivity index (χ1v) is 5.83. The van der Waals surface area contributed by atoms with Crippen LogP contribution in [-0.2, 0) is 19.1 Å². The molecular formula is C13H15ClO4. The molecule has 0 atom stereocenters. The smallest absolute Gasteiger partial charge is 0.306 e. The highest BCUT2D eigenvalue weighted by molar-refractivity contribution is 6.30. The highest BCUT2D eigenvalue weighted by atomic mass is 35.5. The zero-order valence-electron chi connectivity index (χ0n) is 10.3. The van der Waals surface area contributed by atoms with Crippen LogP contribution < -0.4 is 0 Å². The van der Waals surface area contributed by atoms with Gasteiger partial charge in [-0.15, -0.1) is 0 Å². The fourth-order valence-electron chi connectivity index (χ4n) is 1.64. The summed E-state index contributed by atoms with van der Waals surface area (Å²) in [6.45, 7) is 0. The largest absolute Gasteiger partial charge is 0.469 e. The minimum atomic E-state index is -0.371. The van der Waals surface area contributed by atoms with E-state index < -0.39 is 0 Å². The van der Waals surface area contributed by atoms with Crippen molar-refractivity contribution in [1.82, 2.24) is 0 Å². The molecule has 1 aromatic rings. The van der Waals surface area contributed by atoms with Gasteiger partial charge in [0, 0.05) is 10.9 Å². The number of benzene rings is 1. The van der Waals surface area contributed by atoms with Gasteiger partial charge in [0.15, 0.2) is 0 Å². The number of rotatable bonds is 5. The number of hydrogen-bond acceptors (Lipinski definition) is 4. The Morgan fingerprint density at radius 1 is 1.17 bits per heavy atom. The third-order valence-electron chi connectivity index (χ3n) is 2.60. The van der Waals surface area contributed by atoms with Crippen LogP contribution in [0.2, 0.25) is 5.02 Å². The maximum absolute atomic E-state index is 11.3. The average molecular weight is 271 g/mol. The molecule has 4 nitrogen and oxygen atoms in total. The van der Waals surface area contributed by atoms with Crippen LogP contribution in [0.3, 0.4) is 0 Å². The molecule has 0 fully saturated rings. The van der Waals surface area contributed by atoms with Crippen LogP contribution in [0.5, 0.6) is 0 Å². The Labute approximate surface area is 111 Å². The summed E-state index contributed by atoms with van der Waals surface area (Å²) in [5, 5.41) is 0.562. The molecule has 0 unspecified atom stereocenters. The van der Waals surface area contributed by atoms with Crippen LogP contribution in [0.1, 0.15) is 24.3 Å². The normalized spacial score (nSPS) is 10.2. The van der Waals surface area contributed by atoms with Crippen molar-refractivity contribution >= 4 is 23.5 Å². The van der Waals surface area contributed by atoms with Crippen LogP contribution in [0.4, 0.5) is 0 Å². The molecule has 0 aromatic heterocycles. The van der Waals surface area contributed by atoms with Crippen molar-refractivity contribution < 1.29 is 19.1 Å². The maximum Gasteiger partial charge on any atom is 0.306 e. The van der Waals surface area contributed by atoms with Gasteiger partial charge in [0.1, 0.15) is 0 Å². The molecular weight excluding hydrogens is 256 g/mol. The molecule has 0 heterocycles. The fourth-order valence-corrected chi connectivity index (χ4v) is 1.84. The van der Waals surface area contributed by atoms with Crippen molar-refractivity contribution in [3.63, 3.8) is 0 Å². The molecule has 1 rings (SSSR count). The molecule has 18 heavy (non-hydrogen) atoms. The van der Waals surface area contributed by atoms with Gasteiger partial charge in [-0.3, -0.25) is 9.59 Å². The topological polar surface area (TPSA) is 52.6 Å². The number of ether oxygens (including phenoxy) is 2. The first-order chi connectivity index (χ1) is 8.56. The van der Waals surface area contributed by atoms with Crippen molar-refractivity contribution in [3.05, 3.63) is 34.9 Å². The highest BCUT2D eigenvalue weighted by Crippen LogP contribution is 2.26. The lowest BCUT2D eigenvalue weighted by atomic mass is 9.92. The number of carbonyl (C=O) groups is 2. The summed E-state index contributed by atoms with van der Waals surface area (Å²) >= 11 is 5.90. The standard InChI is InChI=1S/C13H15ClO4/c1-17-12(15)7-10(8-13(16)18-2)9-4-3-5-11(14)6-9/h3-6,10H,7-8H2,1-2H3. The van der Waals surface area contributed by atoms with E-state index in [1.807, 2.05) is 6.07 Å². The molecule has 0 aliphatic heterocycles. The van der Waals surface area contributed by atoms with Crippen molar-refractivity contribution in [1.29, 1.82) is 0 Å². The second kappa shape index (κ2) is 7.01. The van der Waals surface area contributed by atoms with Crippen LogP contribution in [-0.4, -0.2) is 26.2 Å². The Balaban J connectivity index is 2.88. The second-order valence-electron chi connectivity index (χ2n) is 3.81. The zero-order valence-corrected chi connectivity index (χ0v) is 11.1. The van der Waals surface area contributed by atoms with Crippen LogP contribution in [0, 0.1) is 0 Å². The molecule has 98 valence electrons. The Hall–Kier alpha value is -1.55. The number of hydrogen-bond donors (Lipinski definition) is 0. The lowest BCUT2D eigenvalue weighted by Gasteiger charge is -2.15. The summed E-state index contributed by atoms with van der Waals surface area (Å²) in [5.41, 5.74) is 0.818. The Morgan fingerprint density at radius 3 is 2.17 bits per heavy atom. The number of carbonyl (C=O) groups excluding carboxylic acids is 2. The van der Waals surface area contributed by atoms with Gasteiger partial charge in [-0.05, 0) is 17.7 Å². The van der Waals surface area contributed by atoms with Gasteiger partial charge >= 0.3 is 11.9 Å². The first kappa shape index (κ1) is 14.5. The van der Waals surface area contributed by atoms with Gasteiger partial charge in [0.05, 0.1) is 27.1 Å². The Kier molecular flexibility index (Phi) is 5.65. The summed E-state index contributed by atoms with van der Waals surface area (Å²) in [4.78, 5) is 22.7. The summed E-state index contributed by atoms with van der Waals surface area (Å²) in [6, 6.07) is 7.07. The van der Waals surface area contributed by atoms with Crippen LogP contribution >= 0.6 is 11.6 Å². The molecule has 0 saturated carbocycles. The molecule has 5 heteroatoms. The summed E-state index contributed by atoms with van der Waals surface area (Å²) in [7, 11) is 2.63. The van der Waals surface area contributed by atoms with E-state index in [1.165, 1.54) is 14.2 Å². The van der Waals surface area contributed by atoms with Gasteiger partial charge in [-0.1, -0.05) is 23.7 Å². The molecule has 0 saturated heterocycles.